The number of amides is 1. The molecule has 4 rings (SSSR count). The molecule has 1 atom stereocenters. The maximum absolute atomic E-state index is 11.9. The lowest BCUT2D eigenvalue weighted by Crippen LogP contribution is -2.40. The Labute approximate surface area is 174 Å². The summed E-state index contributed by atoms with van der Waals surface area (Å²) in [6.07, 6.45) is 8.35. The van der Waals surface area contributed by atoms with Crippen LogP contribution in [-0.2, 0) is 4.79 Å². The highest BCUT2D eigenvalue weighted by Gasteiger charge is 2.27. The summed E-state index contributed by atoms with van der Waals surface area (Å²) in [7, 11) is 0. The number of nitrogen functional groups attached to an aromatic ring is 1. The van der Waals surface area contributed by atoms with E-state index in [1.165, 1.54) is 6.33 Å². The first-order valence-electron chi connectivity index (χ1n) is 9.58. The summed E-state index contributed by atoms with van der Waals surface area (Å²) in [5.41, 5.74) is 7.18. The molecule has 1 fully saturated rings. The van der Waals surface area contributed by atoms with Crippen LogP contribution in [-0.4, -0.2) is 50.3 Å². The summed E-state index contributed by atoms with van der Waals surface area (Å²) in [4.78, 5) is 22.0. The van der Waals surface area contributed by atoms with Gasteiger partial charge in [0.2, 0.25) is 0 Å². The molecule has 1 aromatic carbocycles. The second kappa shape index (κ2) is 8.54. The molecule has 0 spiro atoms. The van der Waals surface area contributed by atoms with E-state index < -0.39 is 0 Å². The highest BCUT2D eigenvalue weighted by molar-refractivity contribution is 5.93. The molecule has 1 amide bonds. The Morgan fingerprint density at radius 3 is 2.93 bits per heavy atom. The lowest BCUT2D eigenvalue weighted by Gasteiger charge is -2.31. The number of benzene rings is 1. The molecule has 8 heteroatoms. The number of piperidine rings is 1. The van der Waals surface area contributed by atoms with Gasteiger partial charge in [0.1, 0.15) is 30.2 Å². The SMILES string of the molecule is C#CC(=O)N1CCC[C@@H](n2nc(C#CCOc3ccccc3)c3c(N)ncnc32)C1. The minimum absolute atomic E-state index is 0.0658. The van der Waals surface area contributed by atoms with Crippen LogP contribution in [0.25, 0.3) is 11.0 Å². The largest absolute Gasteiger partial charge is 0.481 e. The number of carbonyl (C=O) groups excluding carboxylic acids is 1. The molecule has 0 aliphatic carbocycles. The van der Waals surface area contributed by atoms with E-state index in [4.69, 9.17) is 16.9 Å². The smallest absolute Gasteiger partial charge is 0.298 e. The van der Waals surface area contributed by atoms with E-state index in [0.717, 1.165) is 18.6 Å². The predicted molar refractivity (Wildman–Crippen MR) is 112 cm³/mol. The van der Waals surface area contributed by atoms with E-state index in [0.29, 0.717) is 35.6 Å². The number of carbonyl (C=O) groups is 1. The van der Waals surface area contributed by atoms with Crippen LogP contribution in [0, 0.1) is 24.2 Å². The summed E-state index contributed by atoms with van der Waals surface area (Å²) in [6.45, 7) is 1.31. The van der Waals surface area contributed by atoms with Gasteiger partial charge in [0.15, 0.2) is 5.65 Å². The Balaban J connectivity index is 1.61. The number of nitrogens with two attached hydrogens (primary N) is 1. The molecule has 2 N–H and O–H groups in total. The molecular weight excluding hydrogens is 380 g/mol. The van der Waals surface area contributed by atoms with Crippen LogP contribution >= 0.6 is 0 Å². The molecule has 0 unspecified atom stereocenters. The van der Waals surface area contributed by atoms with Gasteiger partial charge in [0.25, 0.3) is 5.91 Å². The molecule has 0 bridgehead atoms. The number of para-hydroxylation sites is 1. The van der Waals surface area contributed by atoms with E-state index in [1.54, 1.807) is 9.58 Å². The molecule has 8 nitrogen and oxygen atoms in total. The van der Waals surface area contributed by atoms with Crippen LogP contribution in [0.2, 0.25) is 0 Å². The Bertz CT molecular complexity index is 1170. The third-order valence-corrected chi connectivity index (χ3v) is 4.93. The van der Waals surface area contributed by atoms with Gasteiger partial charge in [-0.3, -0.25) is 4.79 Å². The third kappa shape index (κ3) is 3.89. The van der Waals surface area contributed by atoms with Crippen molar-refractivity contribution in [1.82, 2.24) is 24.6 Å². The zero-order chi connectivity index (χ0) is 20.9. The van der Waals surface area contributed by atoms with Gasteiger partial charge in [-0.2, -0.15) is 5.10 Å². The molecule has 1 aliphatic heterocycles. The molecule has 1 aliphatic rings. The van der Waals surface area contributed by atoms with Crippen LogP contribution in [0.3, 0.4) is 0 Å². The van der Waals surface area contributed by atoms with Gasteiger partial charge < -0.3 is 15.4 Å². The average molecular weight is 400 g/mol. The second-order valence-electron chi connectivity index (χ2n) is 6.85. The van der Waals surface area contributed by atoms with Crippen molar-refractivity contribution in [2.75, 3.05) is 25.4 Å². The van der Waals surface area contributed by atoms with Gasteiger partial charge in [-0.05, 0) is 36.8 Å². The molecule has 0 radical (unpaired) electrons. The fourth-order valence-electron chi connectivity index (χ4n) is 3.52. The van der Waals surface area contributed by atoms with Gasteiger partial charge in [-0.15, -0.1) is 6.42 Å². The van der Waals surface area contributed by atoms with Crippen LogP contribution in [0.15, 0.2) is 36.7 Å². The number of rotatable bonds is 3. The molecule has 3 aromatic rings. The molecule has 30 heavy (non-hydrogen) atoms. The van der Waals surface area contributed by atoms with E-state index >= 15 is 0 Å². The van der Waals surface area contributed by atoms with Crippen LogP contribution in [0.4, 0.5) is 5.82 Å². The number of ether oxygens (including phenoxy) is 1. The molecule has 1 saturated heterocycles. The average Bonchev–Trinajstić information content (AvgIpc) is 3.17. The fourth-order valence-corrected chi connectivity index (χ4v) is 3.52. The molecule has 150 valence electrons. The van der Waals surface area contributed by atoms with Gasteiger partial charge in [0, 0.05) is 13.1 Å². The first kappa shape index (κ1) is 19.3. The van der Waals surface area contributed by atoms with Crippen molar-refractivity contribution >= 4 is 22.8 Å². The van der Waals surface area contributed by atoms with Crippen LogP contribution in [0.1, 0.15) is 24.6 Å². The van der Waals surface area contributed by atoms with Crippen molar-refractivity contribution in [3.8, 4) is 29.9 Å². The van der Waals surface area contributed by atoms with Crippen molar-refractivity contribution in [2.45, 2.75) is 18.9 Å². The number of likely N-dealkylation sites (tertiary alicyclic amines) is 1. The maximum Gasteiger partial charge on any atom is 0.298 e. The van der Waals surface area contributed by atoms with Gasteiger partial charge in [-0.25, -0.2) is 14.6 Å². The van der Waals surface area contributed by atoms with E-state index in [-0.39, 0.29) is 18.6 Å². The number of aromatic nitrogens is 4. The topological polar surface area (TPSA) is 99.2 Å². The summed E-state index contributed by atoms with van der Waals surface area (Å²) >= 11 is 0. The number of fused-ring (bicyclic) bond motifs is 1. The van der Waals surface area contributed by atoms with Crippen molar-refractivity contribution < 1.29 is 9.53 Å². The third-order valence-electron chi connectivity index (χ3n) is 4.93. The quantitative estimate of drug-likeness (QED) is 0.671. The fraction of sp³-hybridized carbons (Fsp3) is 0.273. The zero-order valence-corrected chi connectivity index (χ0v) is 16.3. The Hall–Kier alpha value is -4.04. The van der Waals surface area contributed by atoms with Crippen molar-refractivity contribution in [3.05, 3.63) is 42.4 Å². The number of terminal acetylenes is 1. The Morgan fingerprint density at radius 2 is 2.13 bits per heavy atom. The number of anilines is 1. The lowest BCUT2D eigenvalue weighted by molar-refractivity contribution is -0.126. The van der Waals surface area contributed by atoms with E-state index in [1.807, 2.05) is 30.3 Å². The molecule has 0 saturated carbocycles. The monoisotopic (exact) mass is 400 g/mol. The number of hydrogen-bond acceptors (Lipinski definition) is 6. The van der Waals surface area contributed by atoms with Gasteiger partial charge in [-0.1, -0.05) is 24.1 Å². The van der Waals surface area contributed by atoms with Crippen LogP contribution < -0.4 is 10.5 Å². The molecule has 2 aromatic heterocycles. The normalized spacial score (nSPS) is 15.8. The molecular formula is C22H20N6O2. The second-order valence-corrected chi connectivity index (χ2v) is 6.85. The first-order valence-corrected chi connectivity index (χ1v) is 9.58. The number of hydrogen-bond donors (Lipinski definition) is 1. The molecule has 3 heterocycles. The Kier molecular flexibility index (Phi) is 5.49. The highest BCUT2D eigenvalue weighted by Crippen LogP contribution is 2.28. The standard InChI is InChI=1S/C22H20N6O2/c1-2-19(29)27-12-6-8-16(14-27)28-22-20(21(23)24-15-25-22)18(26-28)11-7-13-30-17-9-4-3-5-10-17/h1,3-5,9-10,15-16H,6,8,12-14H2,(H2,23,24,25)/t16-/m1/s1. The number of nitrogens with zero attached hydrogens (tertiary/aromatic N) is 5. The summed E-state index contributed by atoms with van der Waals surface area (Å²) in [5, 5.41) is 5.26. The van der Waals surface area contributed by atoms with Crippen molar-refractivity contribution in [2.24, 2.45) is 0 Å². The summed E-state index contributed by atoms with van der Waals surface area (Å²) in [6, 6.07) is 9.38. The van der Waals surface area contributed by atoms with Crippen molar-refractivity contribution in [3.63, 3.8) is 0 Å². The van der Waals surface area contributed by atoms with Crippen LogP contribution in [0.5, 0.6) is 5.75 Å². The van der Waals surface area contributed by atoms with Gasteiger partial charge in [0.05, 0.1) is 11.4 Å². The van der Waals surface area contributed by atoms with Gasteiger partial charge >= 0.3 is 0 Å². The Morgan fingerprint density at radius 1 is 1.30 bits per heavy atom. The zero-order valence-electron chi connectivity index (χ0n) is 16.3. The lowest BCUT2D eigenvalue weighted by atomic mass is 10.1. The van der Waals surface area contributed by atoms with Crippen molar-refractivity contribution in [1.29, 1.82) is 0 Å². The predicted octanol–water partition coefficient (Wildman–Crippen LogP) is 1.64. The first-order chi connectivity index (χ1) is 14.7. The summed E-state index contributed by atoms with van der Waals surface area (Å²) in [5.74, 6) is 8.91. The minimum Gasteiger partial charge on any atom is -0.481 e. The summed E-state index contributed by atoms with van der Waals surface area (Å²) < 4.78 is 7.40. The maximum atomic E-state index is 11.9. The van der Waals surface area contributed by atoms with E-state index in [2.05, 4.69) is 32.8 Å². The highest BCUT2D eigenvalue weighted by atomic mass is 16.5. The van der Waals surface area contributed by atoms with E-state index in [9.17, 15) is 4.79 Å². The minimum atomic E-state index is -0.316.